The number of hydrogen-bond donors (Lipinski definition) is 2. The second kappa shape index (κ2) is 9.41. The zero-order chi connectivity index (χ0) is 19.9. The standard InChI is InChI=1S/C21H25N3O3S/c1-26-17-9-6-15(7-10-17)14-22-21(28)23-16-8-11-19(27-2)18(13-16)24-12-4-3-5-20(24)25/h6-11,13H,3-5,12,14H2,1-2H3,(H2,22,23,28). The Morgan fingerprint density at radius 3 is 2.57 bits per heavy atom. The Morgan fingerprint density at radius 1 is 1.11 bits per heavy atom. The SMILES string of the molecule is COc1ccc(CNC(=S)Nc2ccc(OC)c(N3CCCCC3=O)c2)cc1. The highest BCUT2D eigenvalue weighted by molar-refractivity contribution is 7.80. The molecule has 0 aliphatic carbocycles. The molecule has 1 aliphatic heterocycles. The first-order chi connectivity index (χ1) is 13.6. The van der Waals surface area contributed by atoms with Gasteiger partial charge in [-0.1, -0.05) is 12.1 Å². The first kappa shape index (κ1) is 19.9. The number of benzene rings is 2. The maximum absolute atomic E-state index is 12.3. The molecule has 2 N–H and O–H groups in total. The Morgan fingerprint density at radius 2 is 1.89 bits per heavy atom. The van der Waals surface area contributed by atoms with Crippen molar-refractivity contribution in [3.63, 3.8) is 0 Å². The van der Waals surface area contributed by atoms with Crippen molar-refractivity contribution >= 4 is 34.6 Å². The summed E-state index contributed by atoms with van der Waals surface area (Å²) in [5.41, 5.74) is 2.68. The first-order valence-electron chi connectivity index (χ1n) is 9.27. The normalized spacial score (nSPS) is 13.8. The number of methoxy groups -OCH3 is 2. The van der Waals surface area contributed by atoms with Crippen molar-refractivity contribution in [1.82, 2.24) is 5.32 Å². The van der Waals surface area contributed by atoms with Gasteiger partial charge in [0.25, 0.3) is 0 Å². The van der Waals surface area contributed by atoms with Gasteiger partial charge in [-0.15, -0.1) is 0 Å². The van der Waals surface area contributed by atoms with Gasteiger partial charge in [0.1, 0.15) is 11.5 Å². The Hall–Kier alpha value is -2.80. The number of ether oxygens (including phenoxy) is 2. The molecule has 1 fully saturated rings. The van der Waals surface area contributed by atoms with Crippen LogP contribution in [0.2, 0.25) is 0 Å². The lowest BCUT2D eigenvalue weighted by atomic mass is 10.1. The lowest BCUT2D eigenvalue weighted by Gasteiger charge is -2.28. The molecule has 1 heterocycles. The van der Waals surface area contributed by atoms with Crippen LogP contribution >= 0.6 is 12.2 Å². The van der Waals surface area contributed by atoms with Gasteiger partial charge in [-0.25, -0.2) is 0 Å². The lowest BCUT2D eigenvalue weighted by molar-refractivity contribution is -0.119. The summed E-state index contributed by atoms with van der Waals surface area (Å²) in [4.78, 5) is 14.1. The van der Waals surface area contributed by atoms with Crippen LogP contribution in [0.25, 0.3) is 0 Å². The van der Waals surface area contributed by atoms with Crippen molar-refractivity contribution in [3.05, 3.63) is 48.0 Å². The van der Waals surface area contributed by atoms with E-state index in [4.69, 9.17) is 21.7 Å². The molecule has 1 aliphatic rings. The summed E-state index contributed by atoms with van der Waals surface area (Å²) in [6.45, 7) is 1.31. The van der Waals surface area contributed by atoms with Gasteiger partial charge in [-0.05, 0) is 61.0 Å². The fourth-order valence-corrected chi connectivity index (χ4v) is 3.33. The molecule has 2 aromatic rings. The number of carbonyl (C=O) groups is 1. The van der Waals surface area contributed by atoms with Crippen LogP contribution < -0.4 is 25.0 Å². The summed E-state index contributed by atoms with van der Waals surface area (Å²) >= 11 is 5.41. The van der Waals surface area contributed by atoms with Crippen molar-refractivity contribution in [2.24, 2.45) is 0 Å². The van der Waals surface area contributed by atoms with E-state index in [1.807, 2.05) is 42.5 Å². The molecule has 0 aromatic heterocycles. The number of rotatable bonds is 6. The molecule has 6 nitrogen and oxygen atoms in total. The van der Waals surface area contributed by atoms with Crippen LogP contribution in [0.4, 0.5) is 11.4 Å². The summed E-state index contributed by atoms with van der Waals surface area (Å²) in [5, 5.41) is 6.88. The average Bonchev–Trinajstić information content (AvgIpc) is 2.73. The number of thiocarbonyl (C=S) groups is 1. The number of anilines is 2. The van der Waals surface area contributed by atoms with Crippen LogP contribution in [0.5, 0.6) is 11.5 Å². The van der Waals surface area contributed by atoms with Crippen molar-refractivity contribution < 1.29 is 14.3 Å². The minimum absolute atomic E-state index is 0.127. The fraction of sp³-hybridized carbons (Fsp3) is 0.333. The van der Waals surface area contributed by atoms with Gasteiger partial charge < -0.3 is 25.0 Å². The number of nitrogens with zero attached hydrogens (tertiary/aromatic N) is 1. The second-order valence-electron chi connectivity index (χ2n) is 6.54. The molecule has 28 heavy (non-hydrogen) atoms. The van der Waals surface area contributed by atoms with Crippen LogP contribution in [0.3, 0.4) is 0 Å². The predicted molar refractivity (Wildman–Crippen MR) is 115 cm³/mol. The highest BCUT2D eigenvalue weighted by Gasteiger charge is 2.22. The van der Waals surface area contributed by atoms with Crippen LogP contribution in [0.15, 0.2) is 42.5 Å². The predicted octanol–water partition coefficient (Wildman–Crippen LogP) is 3.71. The molecule has 2 aromatic carbocycles. The third-order valence-electron chi connectivity index (χ3n) is 4.66. The van der Waals surface area contributed by atoms with Crippen molar-refractivity contribution in [2.45, 2.75) is 25.8 Å². The molecule has 1 amide bonds. The molecule has 0 bridgehead atoms. The summed E-state index contributed by atoms with van der Waals surface area (Å²) in [6.07, 6.45) is 2.51. The van der Waals surface area contributed by atoms with Crippen LogP contribution in [0.1, 0.15) is 24.8 Å². The minimum atomic E-state index is 0.127. The molecular formula is C21H25N3O3S. The smallest absolute Gasteiger partial charge is 0.227 e. The third kappa shape index (κ3) is 4.92. The fourth-order valence-electron chi connectivity index (χ4n) is 3.14. The zero-order valence-electron chi connectivity index (χ0n) is 16.2. The lowest BCUT2D eigenvalue weighted by Crippen LogP contribution is -2.35. The van der Waals surface area contributed by atoms with E-state index in [1.165, 1.54) is 0 Å². The summed E-state index contributed by atoms with van der Waals surface area (Å²) in [7, 11) is 3.26. The molecular weight excluding hydrogens is 374 g/mol. The molecule has 7 heteroatoms. The summed E-state index contributed by atoms with van der Waals surface area (Å²) in [6, 6.07) is 13.5. The number of carbonyl (C=O) groups excluding carboxylic acids is 1. The molecule has 148 valence electrons. The molecule has 0 saturated carbocycles. The molecule has 0 atom stereocenters. The Bertz CT molecular complexity index is 839. The van der Waals surface area contributed by atoms with E-state index >= 15 is 0 Å². The average molecular weight is 400 g/mol. The van der Waals surface area contributed by atoms with Crippen molar-refractivity contribution in [3.8, 4) is 11.5 Å². The van der Waals surface area contributed by atoms with Gasteiger partial charge in [0.05, 0.1) is 19.9 Å². The zero-order valence-corrected chi connectivity index (χ0v) is 17.0. The van der Waals surface area contributed by atoms with Crippen LogP contribution in [-0.2, 0) is 11.3 Å². The van der Waals surface area contributed by atoms with Crippen LogP contribution in [-0.4, -0.2) is 31.8 Å². The van der Waals surface area contributed by atoms with Gasteiger partial charge in [-0.3, -0.25) is 4.79 Å². The minimum Gasteiger partial charge on any atom is -0.497 e. The van der Waals surface area contributed by atoms with Crippen molar-refractivity contribution in [2.75, 3.05) is 31.0 Å². The first-order valence-corrected chi connectivity index (χ1v) is 9.67. The van der Waals surface area contributed by atoms with E-state index in [1.54, 1.807) is 19.1 Å². The van der Waals surface area contributed by atoms with E-state index < -0.39 is 0 Å². The highest BCUT2D eigenvalue weighted by Crippen LogP contribution is 2.33. The second-order valence-corrected chi connectivity index (χ2v) is 6.95. The van der Waals surface area contributed by atoms with Gasteiger partial charge in [0.2, 0.25) is 5.91 Å². The van der Waals surface area contributed by atoms with Gasteiger partial charge in [-0.2, -0.15) is 0 Å². The monoisotopic (exact) mass is 399 g/mol. The molecule has 0 unspecified atom stereocenters. The Kier molecular flexibility index (Phi) is 6.71. The largest absolute Gasteiger partial charge is 0.497 e. The van der Waals surface area contributed by atoms with E-state index in [2.05, 4.69) is 10.6 Å². The van der Waals surface area contributed by atoms with E-state index in [0.29, 0.717) is 30.4 Å². The van der Waals surface area contributed by atoms with E-state index in [-0.39, 0.29) is 5.91 Å². The number of amides is 1. The third-order valence-corrected chi connectivity index (χ3v) is 4.91. The molecule has 1 saturated heterocycles. The van der Waals surface area contributed by atoms with Gasteiger partial charge in [0, 0.05) is 25.2 Å². The quantitative estimate of drug-likeness (QED) is 0.722. The maximum Gasteiger partial charge on any atom is 0.227 e. The molecule has 0 radical (unpaired) electrons. The number of piperidine rings is 1. The van der Waals surface area contributed by atoms with Crippen molar-refractivity contribution in [1.29, 1.82) is 0 Å². The topological polar surface area (TPSA) is 62.8 Å². The maximum atomic E-state index is 12.3. The molecule has 3 rings (SSSR count). The summed E-state index contributed by atoms with van der Waals surface area (Å²) in [5.74, 6) is 1.63. The molecule has 0 spiro atoms. The Labute approximate surface area is 170 Å². The number of nitrogens with one attached hydrogen (secondary N) is 2. The number of hydrogen-bond acceptors (Lipinski definition) is 4. The van der Waals surface area contributed by atoms with E-state index in [9.17, 15) is 4.79 Å². The Balaban J connectivity index is 1.65. The summed E-state index contributed by atoms with van der Waals surface area (Å²) < 4.78 is 10.6. The van der Waals surface area contributed by atoms with E-state index in [0.717, 1.165) is 35.5 Å². The highest BCUT2D eigenvalue weighted by atomic mass is 32.1. The van der Waals surface area contributed by atoms with Crippen LogP contribution in [0, 0.1) is 0 Å². The van der Waals surface area contributed by atoms with Gasteiger partial charge in [0.15, 0.2) is 5.11 Å². The van der Waals surface area contributed by atoms with Gasteiger partial charge >= 0.3 is 0 Å².